The Bertz CT molecular complexity index is 1390. The molecular weight excluding hydrogens is 398 g/mol. The normalized spacial score (nSPS) is 10.9. The molecule has 2 aromatic carbocycles. The number of amides is 1. The largest absolute Gasteiger partial charge is 0.476 e. The number of rotatable bonds is 5. The number of fused-ring (bicyclic) bond motifs is 1. The van der Waals surface area contributed by atoms with Crippen molar-refractivity contribution in [2.75, 3.05) is 5.32 Å². The molecule has 0 atom stereocenters. The van der Waals surface area contributed by atoms with Crippen molar-refractivity contribution in [3.8, 4) is 5.69 Å². The van der Waals surface area contributed by atoms with E-state index < -0.39 is 24.0 Å². The number of carbonyl (C=O) groups is 2. The zero-order valence-corrected chi connectivity index (χ0v) is 16.9. The molecule has 2 aromatic heterocycles. The number of carboxylic acid groups (broad SMARTS) is 1. The third kappa shape index (κ3) is 3.80. The molecule has 4 aromatic rings. The highest BCUT2D eigenvalue weighted by Gasteiger charge is 2.18. The number of benzene rings is 2. The van der Waals surface area contributed by atoms with E-state index in [0.717, 1.165) is 15.9 Å². The molecule has 9 heteroatoms. The number of aromatic nitrogens is 4. The zero-order valence-electron chi connectivity index (χ0n) is 16.9. The van der Waals surface area contributed by atoms with Crippen molar-refractivity contribution in [2.45, 2.75) is 20.4 Å². The van der Waals surface area contributed by atoms with Crippen LogP contribution in [-0.2, 0) is 11.3 Å². The second kappa shape index (κ2) is 7.86. The van der Waals surface area contributed by atoms with Gasteiger partial charge in [-0.3, -0.25) is 9.59 Å². The fourth-order valence-corrected chi connectivity index (χ4v) is 3.39. The lowest BCUT2D eigenvalue weighted by atomic mass is 10.1. The molecule has 0 aliphatic heterocycles. The van der Waals surface area contributed by atoms with Crippen molar-refractivity contribution in [1.82, 2.24) is 19.6 Å². The lowest BCUT2D eigenvalue weighted by Gasteiger charge is -2.12. The number of anilines is 1. The van der Waals surface area contributed by atoms with E-state index in [1.54, 1.807) is 29.8 Å². The second-order valence-electron chi connectivity index (χ2n) is 7.08. The predicted molar refractivity (Wildman–Crippen MR) is 115 cm³/mol. The van der Waals surface area contributed by atoms with Crippen LogP contribution in [-0.4, -0.2) is 36.5 Å². The summed E-state index contributed by atoms with van der Waals surface area (Å²) in [5.41, 5.74) is 1.65. The van der Waals surface area contributed by atoms with Crippen LogP contribution < -0.4 is 10.9 Å². The molecule has 0 fully saturated rings. The number of aryl methyl sites for hydroxylation is 2. The van der Waals surface area contributed by atoms with Crippen molar-refractivity contribution in [3.63, 3.8) is 0 Å². The van der Waals surface area contributed by atoms with Gasteiger partial charge in [-0.25, -0.2) is 14.2 Å². The molecule has 0 spiro atoms. The van der Waals surface area contributed by atoms with E-state index in [2.05, 4.69) is 15.5 Å². The van der Waals surface area contributed by atoms with Crippen LogP contribution in [0.1, 0.15) is 21.7 Å². The van der Waals surface area contributed by atoms with E-state index in [9.17, 15) is 19.5 Å². The van der Waals surface area contributed by atoms with Crippen LogP contribution in [0, 0.1) is 13.8 Å². The highest BCUT2D eigenvalue weighted by molar-refractivity contribution is 6.01. The number of nitrogens with one attached hydrogen (secondary N) is 1. The van der Waals surface area contributed by atoms with Crippen LogP contribution >= 0.6 is 0 Å². The molecule has 0 saturated heterocycles. The molecule has 4 rings (SSSR count). The van der Waals surface area contributed by atoms with Gasteiger partial charge in [0.2, 0.25) is 5.91 Å². The summed E-state index contributed by atoms with van der Waals surface area (Å²) in [5.74, 6) is -1.38. The monoisotopic (exact) mass is 417 g/mol. The zero-order chi connectivity index (χ0) is 22.1. The van der Waals surface area contributed by atoms with Gasteiger partial charge in [0.05, 0.1) is 16.8 Å². The molecular formula is C22H19N5O4. The maximum atomic E-state index is 12.7. The summed E-state index contributed by atoms with van der Waals surface area (Å²) in [6.07, 6.45) is 0. The number of aromatic carboxylic acids is 1. The lowest BCUT2D eigenvalue weighted by Crippen LogP contribution is -2.31. The Kier molecular flexibility index (Phi) is 5.08. The van der Waals surface area contributed by atoms with Gasteiger partial charge in [0.15, 0.2) is 5.69 Å². The van der Waals surface area contributed by atoms with Crippen LogP contribution in [0.15, 0.2) is 59.4 Å². The van der Waals surface area contributed by atoms with E-state index in [1.807, 2.05) is 31.2 Å². The summed E-state index contributed by atoms with van der Waals surface area (Å²) in [5, 5.41) is 21.0. The SMILES string of the molecule is Cc1cc(NC(=O)Cn2nc(C(=O)O)c3ccccc3c2=O)n(-c2ccccc2C)n1. The van der Waals surface area contributed by atoms with Gasteiger partial charge in [-0.2, -0.15) is 10.2 Å². The first-order chi connectivity index (χ1) is 14.8. The molecule has 0 saturated carbocycles. The minimum Gasteiger partial charge on any atom is -0.476 e. The van der Waals surface area contributed by atoms with E-state index in [4.69, 9.17) is 0 Å². The molecule has 9 nitrogen and oxygen atoms in total. The Morgan fingerprint density at radius 1 is 1.00 bits per heavy atom. The van der Waals surface area contributed by atoms with Gasteiger partial charge in [0, 0.05) is 11.5 Å². The third-order valence-electron chi connectivity index (χ3n) is 4.81. The Balaban J connectivity index is 1.68. The van der Waals surface area contributed by atoms with E-state index in [1.165, 1.54) is 12.1 Å². The van der Waals surface area contributed by atoms with Crippen LogP contribution in [0.5, 0.6) is 0 Å². The number of carboxylic acids is 1. The number of para-hydroxylation sites is 1. The number of hydrogen-bond donors (Lipinski definition) is 2. The van der Waals surface area contributed by atoms with Crippen molar-refractivity contribution < 1.29 is 14.7 Å². The van der Waals surface area contributed by atoms with Gasteiger partial charge in [-0.05, 0) is 31.5 Å². The first-order valence-corrected chi connectivity index (χ1v) is 9.51. The van der Waals surface area contributed by atoms with E-state index >= 15 is 0 Å². The maximum absolute atomic E-state index is 12.7. The Morgan fingerprint density at radius 3 is 2.39 bits per heavy atom. The van der Waals surface area contributed by atoms with Gasteiger partial charge >= 0.3 is 5.97 Å². The maximum Gasteiger partial charge on any atom is 0.357 e. The van der Waals surface area contributed by atoms with Crippen molar-refractivity contribution in [3.05, 3.63) is 81.9 Å². The fourth-order valence-electron chi connectivity index (χ4n) is 3.39. The molecule has 0 unspecified atom stereocenters. The molecule has 0 aliphatic carbocycles. The topological polar surface area (TPSA) is 119 Å². The Labute approximate surface area is 176 Å². The smallest absolute Gasteiger partial charge is 0.357 e. The summed E-state index contributed by atoms with van der Waals surface area (Å²) >= 11 is 0. The quantitative estimate of drug-likeness (QED) is 0.515. The standard InChI is InChI=1S/C22H19N5O4/c1-13-7-3-6-10-17(13)27-18(11-14(2)24-27)23-19(28)12-26-21(29)16-9-5-4-8-15(16)20(25-26)22(30)31/h3-11H,12H2,1-2H3,(H,23,28)(H,30,31). The number of carbonyl (C=O) groups excluding carboxylic acids is 1. The van der Waals surface area contributed by atoms with Crippen LogP contribution in [0.25, 0.3) is 16.5 Å². The minimum atomic E-state index is -1.28. The van der Waals surface area contributed by atoms with Crippen LogP contribution in [0.3, 0.4) is 0 Å². The molecule has 2 heterocycles. The molecule has 156 valence electrons. The van der Waals surface area contributed by atoms with Gasteiger partial charge in [-0.15, -0.1) is 0 Å². The first kappa shape index (κ1) is 20.0. The Hall–Kier alpha value is -4.27. The molecule has 1 amide bonds. The van der Waals surface area contributed by atoms with Gasteiger partial charge in [0.25, 0.3) is 5.56 Å². The minimum absolute atomic E-state index is 0.184. The lowest BCUT2D eigenvalue weighted by molar-refractivity contribution is -0.117. The van der Waals surface area contributed by atoms with Crippen LogP contribution in [0.4, 0.5) is 5.82 Å². The summed E-state index contributed by atoms with van der Waals surface area (Å²) in [7, 11) is 0. The molecule has 31 heavy (non-hydrogen) atoms. The highest BCUT2D eigenvalue weighted by Crippen LogP contribution is 2.20. The fraction of sp³-hybridized carbons (Fsp3) is 0.136. The van der Waals surface area contributed by atoms with Crippen molar-refractivity contribution >= 4 is 28.5 Å². The van der Waals surface area contributed by atoms with Gasteiger partial charge in [0.1, 0.15) is 12.4 Å². The predicted octanol–water partition coefficient (Wildman–Crippen LogP) is 2.54. The third-order valence-corrected chi connectivity index (χ3v) is 4.81. The van der Waals surface area contributed by atoms with E-state index in [-0.39, 0.29) is 16.5 Å². The summed E-state index contributed by atoms with van der Waals surface area (Å²) < 4.78 is 2.48. The van der Waals surface area contributed by atoms with Crippen LogP contribution in [0.2, 0.25) is 0 Å². The number of nitrogens with zero attached hydrogens (tertiary/aromatic N) is 4. The van der Waals surface area contributed by atoms with Crippen molar-refractivity contribution in [1.29, 1.82) is 0 Å². The molecule has 0 radical (unpaired) electrons. The summed E-state index contributed by atoms with van der Waals surface area (Å²) in [4.78, 5) is 37.1. The second-order valence-corrected chi connectivity index (χ2v) is 7.08. The average Bonchev–Trinajstić information content (AvgIpc) is 3.09. The summed E-state index contributed by atoms with van der Waals surface area (Å²) in [6.45, 7) is 3.30. The van der Waals surface area contributed by atoms with Crippen molar-refractivity contribution in [2.24, 2.45) is 0 Å². The summed E-state index contributed by atoms with van der Waals surface area (Å²) in [6, 6.07) is 15.6. The Morgan fingerprint density at radius 2 is 1.68 bits per heavy atom. The average molecular weight is 417 g/mol. The number of hydrogen-bond acceptors (Lipinski definition) is 5. The highest BCUT2D eigenvalue weighted by atomic mass is 16.4. The van der Waals surface area contributed by atoms with Gasteiger partial charge < -0.3 is 10.4 Å². The molecule has 2 N–H and O–H groups in total. The first-order valence-electron chi connectivity index (χ1n) is 9.51. The molecule has 0 aliphatic rings. The molecule has 0 bridgehead atoms. The van der Waals surface area contributed by atoms with E-state index in [0.29, 0.717) is 11.5 Å². The van der Waals surface area contributed by atoms with Gasteiger partial charge in [-0.1, -0.05) is 36.4 Å².